The van der Waals surface area contributed by atoms with E-state index in [9.17, 15) is 4.79 Å². The van der Waals surface area contributed by atoms with Gasteiger partial charge in [-0.25, -0.2) is 9.97 Å². The average Bonchev–Trinajstić information content (AvgIpc) is 3.38. The molecule has 1 aliphatic rings. The van der Waals surface area contributed by atoms with Gasteiger partial charge in [0, 0.05) is 42.2 Å². The van der Waals surface area contributed by atoms with E-state index < -0.39 is 0 Å². The van der Waals surface area contributed by atoms with Gasteiger partial charge in [0.15, 0.2) is 5.58 Å². The van der Waals surface area contributed by atoms with Crippen molar-refractivity contribution in [2.75, 3.05) is 42.3 Å². The summed E-state index contributed by atoms with van der Waals surface area (Å²) in [7, 11) is 0. The third kappa shape index (κ3) is 4.72. The second-order valence-corrected chi connectivity index (χ2v) is 8.67. The summed E-state index contributed by atoms with van der Waals surface area (Å²) in [5.41, 5.74) is 11.1. The molecule has 0 atom stereocenters. The standard InChI is InChI=1S/C28H24N6O3/c29-25-10-9-19(17-30-25)22-7-4-8-23(32-22)27(35)31-20-15-21(18-5-2-1-3-6-18)26-24(16-20)37-28(33-26)34-11-13-36-14-12-34/h1-10,15-17H,11-14H2,(H2,29,30)(H,31,35). The van der Waals surface area contributed by atoms with Crippen LogP contribution in [0.5, 0.6) is 0 Å². The highest BCUT2D eigenvalue weighted by Gasteiger charge is 2.20. The Morgan fingerprint density at radius 2 is 1.76 bits per heavy atom. The highest BCUT2D eigenvalue weighted by atomic mass is 16.5. The van der Waals surface area contributed by atoms with E-state index in [0.29, 0.717) is 55.1 Å². The van der Waals surface area contributed by atoms with E-state index in [1.54, 1.807) is 30.5 Å². The Morgan fingerprint density at radius 1 is 0.919 bits per heavy atom. The number of ether oxygens (including phenoxy) is 1. The molecular weight excluding hydrogens is 468 g/mol. The van der Waals surface area contributed by atoms with Crippen molar-refractivity contribution < 1.29 is 13.9 Å². The number of benzene rings is 2. The fraction of sp³-hybridized carbons (Fsp3) is 0.143. The molecule has 0 aliphatic carbocycles. The molecule has 1 fully saturated rings. The summed E-state index contributed by atoms with van der Waals surface area (Å²) >= 11 is 0. The first-order chi connectivity index (χ1) is 18.1. The zero-order chi connectivity index (χ0) is 25.2. The second kappa shape index (κ2) is 9.71. The van der Waals surface area contributed by atoms with E-state index in [4.69, 9.17) is 19.9 Å². The molecule has 1 amide bonds. The number of hydrogen-bond donors (Lipinski definition) is 2. The minimum absolute atomic E-state index is 0.280. The van der Waals surface area contributed by atoms with Gasteiger partial charge in [0.2, 0.25) is 0 Å². The fourth-order valence-corrected chi connectivity index (χ4v) is 4.29. The predicted molar refractivity (Wildman–Crippen MR) is 142 cm³/mol. The zero-order valence-electron chi connectivity index (χ0n) is 19.9. The molecule has 37 heavy (non-hydrogen) atoms. The SMILES string of the molecule is Nc1ccc(-c2cccc(C(=O)Nc3cc(-c4ccccc4)c4nc(N5CCOCC5)oc4c3)n2)cn1. The predicted octanol–water partition coefficient (Wildman–Crippen LogP) is 4.62. The maximum Gasteiger partial charge on any atom is 0.298 e. The lowest BCUT2D eigenvalue weighted by Crippen LogP contribution is -2.36. The van der Waals surface area contributed by atoms with Crippen molar-refractivity contribution in [1.82, 2.24) is 15.0 Å². The molecule has 0 bridgehead atoms. The Bertz CT molecular complexity index is 1560. The van der Waals surface area contributed by atoms with Gasteiger partial charge in [0.1, 0.15) is 17.0 Å². The molecule has 9 nitrogen and oxygen atoms in total. The lowest BCUT2D eigenvalue weighted by Gasteiger charge is -2.24. The van der Waals surface area contributed by atoms with Gasteiger partial charge in [-0.3, -0.25) is 4.79 Å². The van der Waals surface area contributed by atoms with Crippen LogP contribution in [0.25, 0.3) is 33.5 Å². The number of nitrogens with one attached hydrogen (secondary N) is 1. The Hall–Kier alpha value is -4.76. The maximum atomic E-state index is 13.2. The highest BCUT2D eigenvalue weighted by Crippen LogP contribution is 2.34. The van der Waals surface area contributed by atoms with Crippen LogP contribution in [0.15, 0.2) is 83.4 Å². The highest BCUT2D eigenvalue weighted by molar-refractivity contribution is 6.05. The summed E-state index contributed by atoms with van der Waals surface area (Å²) in [4.78, 5) is 28.7. The van der Waals surface area contributed by atoms with E-state index in [1.165, 1.54) is 0 Å². The average molecular weight is 493 g/mol. The van der Waals surface area contributed by atoms with Gasteiger partial charge in [-0.05, 0) is 35.9 Å². The zero-order valence-corrected chi connectivity index (χ0v) is 19.9. The lowest BCUT2D eigenvalue weighted by molar-refractivity contribution is 0.102. The number of morpholine rings is 1. The largest absolute Gasteiger partial charge is 0.423 e. The molecule has 2 aromatic carbocycles. The van der Waals surface area contributed by atoms with Crippen LogP contribution in [0.1, 0.15) is 10.5 Å². The molecule has 0 saturated carbocycles. The van der Waals surface area contributed by atoms with Gasteiger partial charge in [-0.2, -0.15) is 4.98 Å². The third-order valence-electron chi connectivity index (χ3n) is 6.17. The number of oxazole rings is 1. The van der Waals surface area contributed by atoms with Gasteiger partial charge in [0.25, 0.3) is 11.9 Å². The minimum atomic E-state index is -0.337. The Kier molecular flexibility index (Phi) is 5.95. The van der Waals surface area contributed by atoms with Gasteiger partial charge in [0.05, 0.1) is 18.9 Å². The van der Waals surface area contributed by atoms with Crippen LogP contribution in [0.2, 0.25) is 0 Å². The minimum Gasteiger partial charge on any atom is -0.423 e. The van der Waals surface area contributed by atoms with Crippen molar-refractivity contribution in [2.45, 2.75) is 0 Å². The number of nitrogen functional groups attached to an aromatic ring is 1. The van der Waals surface area contributed by atoms with Gasteiger partial charge in [-0.15, -0.1) is 0 Å². The monoisotopic (exact) mass is 492 g/mol. The molecule has 6 rings (SSSR count). The summed E-state index contributed by atoms with van der Waals surface area (Å²) in [5, 5.41) is 2.98. The lowest BCUT2D eigenvalue weighted by atomic mass is 10.0. The number of rotatable bonds is 5. The first-order valence-electron chi connectivity index (χ1n) is 12.0. The van der Waals surface area contributed by atoms with Crippen LogP contribution < -0.4 is 16.0 Å². The topological polar surface area (TPSA) is 119 Å². The normalized spacial score (nSPS) is 13.6. The molecule has 9 heteroatoms. The molecular formula is C28H24N6O3. The quantitative estimate of drug-likeness (QED) is 0.365. The van der Waals surface area contributed by atoms with Crippen LogP contribution in [-0.4, -0.2) is 47.2 Å². The number of carbonyl (C=O) groups excluding carboxylic acids is 1. The van der Waals surface area contributed by atoms with Crippen LogP contribution in [-0.2, 0) is 4.74 Å². The van der Waals surface area contributed by atoms with Crippen molar-refractivity contribution in [3.63, 3.8) is 0 Å². The number of pyridine rings is 2. The number of anilines is 3. The van der Waals surface area contributed by atoms with E-state index >= 15 is 0 Å². The molecule has 0 radical (unpaired) electrons. The van der Waals surface area contributed by atoms with Crippen LogP contribution in [0, 0.1) is 0 Å². The number of carbonyl (C=O) groups is 1. The smallest absolute Gasteiger partial charge is 0.298 e. The van der Waals surface area contributed by atoms with E-state index in [0.717, 1.165) is 22.2 Å². The number of amides is 1. The van der Waals surface area contributed by atoms with Gasteiger partial charge in [-0.1, -0.05) is 36.4 Å². The van der Waals surface area contributed by atoms with Gasteiger partial charge < -0.3 is 25.1 Å². The molecule has 0 unspecified atom stereocenters. The molecule has 5 aromatic rings. The number of aromatic nitrogens is 3. The van der Waals surface area contributed by atoms with Crippen LogP contribution >= 0.6 is 0 Å². The molecule has 4 heterocycles. The molecule has 3 aromatic heterocycles. The molecule has 1 aliphatic heterocycles. The number of hydrogen-bond acceptors (Lipinski definition) is 8. The van der Waals surface area contributed by atoms with E-state index in [2.05, 4.69) is 20.2 Å². The van der Waals surface area contributed by atoms with Crippen molar-refractivity contribution in [3.05, 3.63) is 84.7 Å². The third-order valence-corrected chi connectivity index (χ3v) is 6.17. The number of nitrogens with zero attached hydrogens (tertiary/aromatic N) is 4. The Morgan fingerprint density at radius 3 is 2.54 bits per heavy atom. The first kappa shape index (κ1) is 22.7. The molecule has 3 N–H and O–H groups in total. The van der Waals surface area contributed by atoms with Crippen molar-refractivity contribution >= 4 is 34.5 Å². The molecule has 1 saturated heterocycles. The van der Waals surface area contributed by atoms with Crippen molar-refractivity contribution in [2.24, 2.45) is 0 Å². The second-order valence-electron chi connectivity index (χ2n) is 8.67. The molecule has 0 spiro atoms. The van der Waals surface area contributed by atoms with E-state index in [-0.39, 0.29) is 11.6 Å². The summed E-state index contributed by atoms with van der Waals surface area (Å²) in [6.07, 6.45) is 1.63. The van der Waals surface area contributed by atoms with Crippen LogP contribution in [0.4, 0.5) is 17.5 Å². The van der Waals surface area contributed by atoms with Gasteiger partial charge >= 0.3 is 0 Å². The summed E-state index contributed by atoms with van der Waals surface area (Å²) in [5.74, 6) is 0.0861. The van der Waals surface area contributed by atoms with E-state index in [1.807, 2.05) is 48.5 Å². The summed E-state index contributed by atoms with van der Waals surface area (Å²) < 4.78 is 11.6. The van der Waals surface area contributed by atoms with Crippen molar-refractivity contribution in [3.8, 4) is 22.4 Å². The summed E-state index contributed by atoms with van der Waals surface area (Å²) in [6.45, 7) is 2.68. The van der Waals surface area contributed by atoms with Crippen molar-refractivity contribution in [1.29, 1.82) is 0 Å². The van der Waals surface area contributed by atoms with Crippen LogP contribution in [0.3, 0.4) is 0 Å². The maximum absolute atomic E-state index is 13.2. The number of fused-ring (bicyclic) bond motifs is 1. The number of nitrogens with two attached hydrogens (primary N) is 1. The first-order valence-corrected chi connectivity index (χ1v) is 12.0. The fourth-order valence-electron chi connectivity index (χ4n) is 4.29. The Balaban J connectivity index is 1.35. The molecule has 184 valence electrons. The Labute approximate surface area is 212 Å². The summed E-state index contributed by atoms with van der Waals surface area (Å²) in [6, 6.07) is 23.0.